The predicted octanol–water partition coefficient (Wildman–Crippen LogP) is 0.995. The minimum absolute atomic E-state index is 0.530. The Morgan fingerprint density at radius 1 is 1.57 bits per heavy atom. The molecule has 0 aromatic carbocycles. The zero-order valence-electron chi connectivity index (χ0n) is 8.86. The first-order chi connectivity index (χ1) is 6.74. The number of aromatic nitrogens is 1. The fourth-order valence-corrected chi connectivity index (χ4v) is 1.31. The summed E-state index contributed by atoms with van der Waals surface area (Å²) < 4.78 is 4.73. The van der Waals surface area contributed by atoms with Crippen LogP contribution in [-0.2, 0) is 6.54 Å². The molecule has 0 aliphatic rings. The van der Waals surface area contributed by atoms with Crippen molar-refractivity contribution in [3.8, 4) is 0 Å². The van der Waals surface area contributed by atoms with E-state index in [1.165, 1.54) is 0 Å². The maximum Gasteiger partial charge on any atom is 0.124 e. The van der Waals surface area contributed by atoms with E-state index in [-0.39, 0.29) is 0 Å². The molecule has 0 radical (unpaired) electrons. The summed E-state index contributed by atoms with van der Waals surface area (Å²) in [5, 5.41) is 7.13. The highest BCUT2D eigenvalue weighted by Gasteiger charge is 2.10. The molecule has 1 atom stereocenters. The first-order valence-electron chi connectivity index (χ1n) is 5.04. The van der Waals surface area contributed by atoms with Crippen LogP contribution >= 0.6 is 0 Å². The number of nitrogens with one attached hydrogen (secondary N) is 1. The van der Waals surface area contributed by atoms with Gasteiger partial charge in [-0.05, 0) is 24.9 Å². The summed E-state index contributed by atoms with van der Waals surface area (Å²) in [4.78, 5) is 0. The Morgan fingerprint density at radius 3 is 2.86 bits per heavy atom. The van der Waals surface area contributed by atoms with E-state index in [0.29, 0.717) is 11.8 Å². The van der Waals surface area contributed by atoms with E-state index >= 15 is 0 Å². The van der Waals surface area contributed by atoms with Crippen molar-refractivity contribution in [1.82, 2.24) is 10.5 Å². The second kappa shape index (κ2) is 5.78. The van der Waals surface area contributed by atoms with Gasteiger partial charge in [-0.1, -0.05) is 19.0 Å². The van der Waals surface area contributed by atoms with Crippen LogP contribution in [0, 0.1) is 11.8 Å². The smallest absolute Gasteiger partial charge is 0.124 e. The minimum atomic E-state index is 0.530. The fraction of sp³-hybridized carbons (Fsp3) is 0.700. The molecule has 1 unspecified atom stereocenters. The van der Waals surface area contributed by atoms with Crippen molar-refractivity contribution in [2.75, 3.05) is 13.1 Å². The molecule has 80 valence electrons. The largest absolute Gasteiger partial charge is 0.364 e. The zero-order valence-corrected chi connectivity index (χ0v) is 8.86. The maximum atomic E-state index is 5.66. The molecule has 1 rings (SSSR count). The Labute approximate surface area is 84.8 Å². The SMILES string of the molecule is CC(C)C(CN)CNCc1ccon1. The van der Waals surface area contributed by atoms with Crippen LogP contribution in [-0.4, -0.2) is 18.2 Å². The van der Waals surface area contributed by atoms with Crippen molar-refractivity contribution < 1.29 is 4.52 Å². The first kappa shape index (κ1) is 11.2. The van der Waals surface area contributed by atoms with Crippen molar-refractivity contribution in [2.24, 2.45) is 17.6 Å². The van der Waals surface area contributed by atoms with Crippen LogP contribution in [0.3, 0.4) is 0 Å². The van der Waals surface area contributed by atoms with Crippen LogP contribution in [0.25, 0.3) is 0 Å². The van der Waals surface area contributed by atoms with E-state index in [2.05, 4.69) is 24.3 Å². The highest BCUT2D eigenvalue weighted by molar-refractivity contribution is 4.94. The summed E-state index contributed by atoms with van der Waals surface area (Å²) in [6, 6.07) is 1.86. The molecule has 0 saturated carbocycles. The Morgan fingerprint density at radius 2 is 2.36 bits per heavy atom. The van der Waals surface area contributed by atoms with Gasteiger partial charge < -0.3 is 15.6 Å². The Balaban J connectivity index is 2.20. The van der Waals surface area contributed by atoms with Crippen LogP contribution in [0.1, 0.15) is 19.5 Å². The lowest BCUT2D eigenvalue weighted by molar-refractivity contribution is 0.364. The van der Waals surface area contributed by atoms with E-state index in [1.54, 1.807) is 6.26 Å². The molecule has 0 saturated heterocycles. The van der Waals surface area contributed by atoms with Gasteiger partial charge in [-0.15, -0.1) is 0 Å². The number of hydrogen-bond donors (Lipinski definition) is 2. The molecule has 0 fully saturated rings. The van der Waals surface area contributed by atoms with Crippen LogP contribution in [0.4, 0.5) is 0 Å². The molecular formula is C10H19N3O. The van der Waals surface area contributed by atoms with Crippen LogP contribution in [0.15, 0.2) is 16.9 Å². The Kier molecular flexibility index (Phi) is 4.62. The normalized spacial score (nSPS) is 13.4. The standard InChI is InChI=1S/C10H19N3O/c1-8(2)9(5-11)6-12-7-10-3-4-14-13-10/h3-4,8-9,12H,5-7,11H2,1-2H3. The van der Waals surface area contributed by atoms with Crippen molar-refractivity contribution >= 4 is 0 Å². The number of hydrogen-bond acceptors (Lipinski definition) is 4. The molecule has 14 heavy (non-hydrogen) atoms. The molecule has 0 aliphatic carbocycles. The first-order valence-corrected chi connectivity index (χ1v) is 5.04. The summed E-state index contributed by atoms with van der Waals surface area (Å²) in [6.07, 6.45) is 1.58. The summed E-state index contributed by atoms with van der Waals surface area (Å²) >= 11 is 0. The van der Waals surface area contributed by atoms with Gasteiger partial charge in [0.1, 0.15) is 6.26 Å². The van der Waals surface area contributed by atoms with E-state index < -0.39 is 0 Å². The lowest BCUT2D eigenvalue weighted by Gasteiger charge is -2.18. The lowest BCUT2D eigenvalue weighted by atomic mass is 9.96. The average Bonchev–Trinajstić information content (AvgIpc) is 2.64. The zero-order chi connectivity index (χ0) is 10.4. The summed E-state index contributed by atoms with van der Waals surface area (Å²) in [5.41, 5.74) is 6.59. The molecule has 0 bridgehead atoms. The van der Waals surface area contributed by atoms with E-state index in [1.807, 2.05) is 6.07 Å². The second-order valence-corrected chi connectivity index (χ2v) is 3.86. The number of nitrogens with zero attached hydrogens (tertiary/aromatic N) is 1. The predicted molar refractivity (Wildman–Crippen MR) is 55.6 cm³/mol. The molecule has 0 amide bonds. The van der Waals surface area contributed by atoms with Crippen LogP contribution in [0.5, 0.6) is 0 Å². The summed E-state index contributed by atoms with van der Waals surface area (Å²) in [6.45, 7) is 6.79. The van der Waals surface area contributed by atoms with Crippen molar-refractivity contribution in [2.45, 2.75) is 20.4 Å². The van der Waals surface area contributed by atoms with Crippen molar-refractivity contribution in [3.63, 3.8) is 0 Å². The quantitative estimate of drug-likeness (QED) is 0.714. The monoisotopic (exact) mass is 197 g/mol. The third kappa shape index (κ3) is 3.47. The van der Waals surface area contributed by atoms with Gasteiger partial charge in [0.05, 0.1) is 5.69 Å². The van der Waals surface area contributed by atoms with Crippen LogP contribution < -0.4 is 11.1 Å². The highest BCUT2D eigenvalue weighted by Crippen LogP contribution is 2.07. The summed E-state index contributed by atoms with van der Waals surface area (Å²) in [7, 11) is 0. The van der Waals surface area contributed by atoms with Crippen molar-refractivity contribution in [3.05, 3.63) is 18.0 Å². The van der Waals surface area contributed by atoms with Crippen molar-refractivity contribution in [1.29, 1.82) is 0 Å². The molecule has 1 aromatic heterocycles. The summed E-state index contributed by atoms with van der Waals surface area (Å²) in [5.74, 6) is 1.15. The molecule has 4 nitrogen and oxygen atoms in total. The van der Waals surface area contributed by atoms with Gasteiger partial charge >= 0.3 is 0 Å². The Hall–Kier alpha value is -0.870. The van der Waals surface area contributed by atoms with Gasteiger partial charge in [0.2, 0.25) is 0 Å². The average molecular weight is 197 g/mol. The third-order valence-corrected chi connectivity index (χ3v) is 2.45. The fourth-order valence-electron chi connectivity index (χ4n) is 1.31. The third-order valence-electron chi connectivity index (χ3n) is 2.45. The van der Waals surface area contributed by atoms with E-state index in [4.69, 9.17) is 10.3 Å². The molecule has 3 N–H and O–H groups in total. The van der Waals surface area contributed by atoms with Crippen LogP contribution in [0.2, 0.25) is 0 Å². The topological polar surface area (TPSA) is 64.1 Å². The Bertz CT molecular complexity index is 234. The van der Waals surface area contributed by atoms with Gasteiger partial charge in [0.25, 0.3) is 0 Å². The molecule has 0 spiro atoms. The lowest BCUT2D eigenvalue weighted by Crippen LogP contribution is -2.31. The van der Waals surface area contributed by atoms with Gasteiger partial charge in [-0.25, -0.2) is 0 Å². The molecule has 0 aliphatic heterocycles. The molecule has 4 heteroatoms. The molecule has 1 heterocycles. The minimum Gasteiger partial charge on any atom is -0.364 e. The van der Waals surface area contributed by atoms with Gasteiger partial charge in [0.15, 0.2) is 0 Å². The maximum absolute atomic E-state index is 5.66. The van der Waals surface area contributed by atoms with E-state index in [9.17, 15) is 0 Å². The van der Waals surface area contributed by atoms with Gasteiger partial charge in [-0.2, -0.15) is 0 Å². The number of rotatable bonds is 6. The molecule has 1 aromatic rings. The molecular weight excluding hydrogens is 178 g/mol. The number of nitrogens with two attached hydrogens (primary N) is 1. The van der Waals surface area contributed by atoms with Gasteiger partial charge in [0, 0.05) is 12.6 Å². The van der Waals surface area contributed by atoms with E-state index in [0.717, 1.165) is 25.3 Å². The highest BCUT2D eigenvalue weighted by atomic mass is 16.5. The second-order valence-electron chi connectivity index (χ2n) is 3.86. The van der Waals surface area contributed by atoms with Gasteiger partial charge in [-0.3, -0.25) is 0 Å².